The van der Waals surface area contributed by atoms with Crippen LogP contribution < -0.4 is 5.32 Å². The number of nitrogens with one attached hydrogen (secondary N) is 1. The molecule has 1 N–H and O–H groups in total. The number of piperazine rings is 1. The number of carbonyl (C=O) groups is 1. The molecule has 2 bridgehead atoms. The zero-order valence-corrected chi connectivity index (χ0v) is 13.3. The molecule has 5 heteroatoms. The molecule has 5 nitrogen and oxygen atoms in total. The predicted octanol–water partition coefficient (Wildman–Crippen LogP) is 1.35. The maximum atomic E-state index is 11.7. The molecule has 3 aliphatic rings. The Bertz CT molecular complexity index is 368. The number of nitriles is 1. The van der Waals surface area contributed by atoms with Gasteiger partial charge in [-0.05, 0) is 25.7 Å². The highest BCUT2D eigenvalue weighted by molar-refractivity contribution is 5.78. The van der Waals surface area contributed by atoms with Gasteiger partial charge in [0.15, 0.2) is 0 Å². The van der Waals surface area contributed by atoms with Crippen molar-refractivity contribution in [3.05, 3.63) is 0 Å². The lowest BCUT2D eigenvalue weighted by Gasteiger charge is -2.44. The summed E-state index contributed by atoms with van der Waals surface area (Å²) in [5.41, 5.74) is 0. The van der Waals surface area contributed by atoms with E-state index < -0.39 is 0 Å². The molecule has 3 aliphatic heterocycles. The number of carbonyl (C=O) groups excluding carboxylic acids is 1. The van der Waals surface area contributed by atoms with Gasteiger partial charge in [-0.25, -0.2) is 0 Å². The van der Waals surface area contributed by atoms with E-state index in [2.05, 4.69) is 10.2 Å². The lowest BCUT2D eigenvalue weighted by molar-refractivity contribution is -0.131. The molecular weight excluding hydrogens is 264 g/mol. The van der Waals surface area contributed by atoms with Crippen LogP contribution in [0.15, 0.2) is 0 Å². The van der Waals surface area contributed by atoms with Gasteiger partial charge in [-0.15, -0.1) is 0 Å². The number of piperidine rings is 1. The molecule has 2 atom stereocenters. The summed E-state index contributed by atoms with van der Waals surface area (Å²) >= 11 is 0. The molecule has 3 saturated heterocycles. The Morgan fingerprint density at radius 3 is 2.19 bits per heavy atom. The van der Waals surface area contributed by atoms with Crippen LogP contribution in [0.4, 0.5) is 0 Å². The van der Waals surface area contributed by atoms with Gasteiger partial charge in [0, 0.05) is 44.3 Å². The van der Waals surface area contributed by atoms with Gasteiger partial charge in [0.05, 0.1) is 6.07 Å². The molecule has 3 fully saturated rings. The standard InChI is InChI=1S/C14H22N4O.C2H6/c15-6-3-14(19)17-7-4-11(5-8-17)18-12-1-2-13(18)10-16-9-12;1-2/h11-13,16H,1-5,7-10H2;1-2H3. The molecule has 0 aromatic heterocycles. The van der Waals surface area contributed by atoms with Crippen LogP contribution in [-0.4, -0.2) is 60.0 Å². The summed E-state index contributed by atoms with van der Waals surface area (Å²) in [5, 5.41) is 12.1. The van der Waals surface area contributed by atoms with Crippen LogP contribution in [0.3, 0.4) is 0 Å². The van der Waals surface area contributed by atoms with Crippen molar-refractivity contribution in [2.45, 2.75) is 64.1 Å². The van der Waals surface area contributed by atoms with Crippen LogP contribution in [0, 0.1) is 11.3 Å². The zero-order valence-electron chi connectivity index (χ0n) is 13.3. The van der Waals surface area contributed by atoms with E-state index in [0.717, 1.165) is 39.0 Å². The van der Waals surface area contributed by atoms with Crippen LogP contribution in [0.2, 0.25) is 0 Å². The molecule has 21 heavy (non-hydrogen) atoms. The van der Waals surface area contributed by atoms with Crippen molar-refractivity contribution >= 4 is 5.91 Å². The molecule has 3 rings (SSSR count). The van der Waals surface area contributed by atoms with Crippen molar-refractivity contribution in [2.75, 3.05) is 26.2 Å². The highest BCUT2D eigenvalue weighted by Gasteiger charge is 2.41. The van der Waals surface area contributed by atoms with Crippen LogP contribution in [0.25, 0.3) is 0 Å². The Labute approximate surface area is 128 Å². The van der Waals surface area contributed by atoms with Crippen LogP contribution in [0.1, 0.15) is 46.0 Å². The average molecular weight is 292 g/mol. The predicted molar refractivity (Wildman–Crippen MR) is 82.7 cm³/mol. The third-order valence-electron chi connectivity index (χ3n) is 4.91. The first kappa shape index (κ1) is 16.3. The van der Waals surface area contributed by atoms with Gasteiger partial charge in [-0.1, -0.05) is 13.8 Å². The van der Waals surface area contributed by atoms with Gasteiger partial charge in [0.1, 0.15) is 6.42 Å². The topological polar surface area (TPSA) is 59.4 Å². The quantitative estimate of drug-likeness (QED) is 0.835. The van der Waals surface area contributed by atoms with E-state index in [1.807, 2.05) is 24.8 Å². The number of amides is 1. The number of likely N-dealkylation sites (tertiary alicyclic amines) is 1. The molecule has 2 unspecified atom stereocenters. The Morgan fingerprint density at radius 1 is 1.10 bits per heavy atom. The average Bonchev–Trinajstić information content (AvgIpc) is 2.78. The van der Waals surface area contributed by atoms with Crippen LogP contribution >= 0.6 is 0 Å². The number of hydrogen-bond donors (Lipinski definition) is 1. The van der Waals surface area contributed by atoms with Crippen molar-refractivity contribution in [3.8, 4) is 6.07 Å². The van der Waals surface area contributed by atoms with Crippen LogP contribution in [-0.2, 0) is 4.79 Å². The summed E-state index contributed by atoms with van der Waals surface area (Å²) < 4.78 is 0. The molecule has 118 valence electrons. The Kier molecular flexibility index (Phi) is 6.01. The minimum Gasteiger partial charge on any atom is -0.342 e. The Morgan fingerprint density at radius 2 is 1.67 bits per heavy atom. The molecular formula is C16H28N4O. The summed E-state index contributed by atoms with van der Waals surface area (Å²) in [7, 11) is 0. The second-order valence-corrected chi connectivity index (χ2v) is 5.94. The first-order chi connectivity index (χ1) is 10.3. The van der Waals surface area contributed by atoms with E-state index >= 15 is 0 Å². The summed E-state index contributed by atoms with van der Waals surface area (Å²) in [5.74, 6) is 0.00392. The van der Waals surface area contributed by atoms with Gasteiger partial charge in [-0.2, -0.15) is 5.26 Å². The van der Waals surface area contributed by atoms with E-state index in [9.17, 15) is 4.79 Å². The van der Waals surface area contributed by atoms with Gasteiger partial charge >= 0.3 is 0 Å². The highest BCUT2D eigenvalue weighted by Crippen LogP contribution is 2.32. The van der Waals surface area contributed by atoms with Crippen molar-refractivity contribution in [3.63, 3.8) is 0 Å². The van der Waals surface area contributed by atoms with Crippen molar-refractivity contribution < 1.29 is 4.79 Å². The lowest BCUT2D eigenvalue weighted by atomic mass is 9.99. The number of rotatable bonds is 2. The summed E-state index contributed by atoms with van der Waals surface area (Å²) in [6.45, 7) is 7.91. The smallest absolute Gasteiger partial charge is 0.236 e. The van der Waals surface area contributed by atoms with Gasteiger partial charge in [0.2, 0.25) is 5.91 Å². The minimum atomic E-state index is 0.00392. The molecule has 3 heterocycles. The molecule has 0 radical (unpaired) electrons. The Hall–Kier alpha value is -1.12. The maximum absolute atomic E-state index is 11.7. The molecule has 0 spiro atoms. The largest absolute Gasteiger partial charge is 0.342 e. The minimum absolute atomic E-state index is 0.00392. The van der Waals surface area contributed by atoms with Gasteiger partial charge < -0.3 is 10.2 Å². The second-order valence-electron chi connectivity index (χ2n) is 5.94. The summed E-state index contributed by atoms with van der Waals surface area (Å²) in [4.78, 5) is 16.3. The van der Waals surface area contributed by atoms with E-state index in [1.165, 1.54) is 12.8 Å². The normalized spacial score (nSPS) is 29.5. The van der Waals surface area contributed by atoms with Crippen molar-refractivity contribution in [1.29, 1.82) is 5.26 Å². The number of fused-ring (bicyclic) bond motifs is 2. The van der Waals surface area contributed by atoms with E-state index in [-0.39, 0.29) is 12.3 Å². The molecule has 0 aliphatic carbocycles. The highest BCUT2D eigenvalue weighted by atomic mass is 16.2. The van der Waals surface area contributed by atoms with Crippen LogP contribution in [0.5, 0.6) is 0 Å². The van der Waals surface area contributed by atoms with E-state index in [4.69, 9.17) is 5.26 Å². The fourth-order valence-electron chi connectivity index (χ4n) is 4.00. The second kappa shape index (κ2) is 7.77. The SMILES string of the molecule is CC.N#CCC(=O)N1CCC(N2C3CCC2CNC3)CC1. The monoisotopic (exact) mass is 292 g/mol. The van der Waals surface area contributed by atoms with Crippen molar-refractivity contribution in [2.24, 2.45) is 0 Å². The van der Waals surface area contributed by atoms with E-state index in [1.54, 1.807) is 0 Å². The number of hydrogen-bond acceptors (Lipinski definition) is 4. The fourth-order valence-corrected chi connectivity index (χ4v) is 4.00. The van der Waals surface area contributed by atoms with Crippen molar-refractivity contribution in [1.82, 2.24) is 15.1 Å². The Balaban J connectivity index is 0.000000774. The van der Waals surface area contributed by atoms with E-state index in [0.29, 0.717) is 18.1 Å². The zero-order chi connectivity index (χ0) is 15.2. The van der Waals surface area contributed by atoms with Gasteiger partial charge in [0.25, 0.3) is 0 Å². The third-order valence-corrected chi connectivity index (χ3v) is 4.91. The molecule has 0 aromatic rings. The third kappa shape index (κ3) is 3.56. The molecule has 0 aromatic carbocycles. The first-order valence-electron chi connectivity index (χ1n) is 8.42. The molecule has 1 amide bonds. The first-order valence-corrected chi connectivity index (χ1v) is 8.42. The summed E-state index contributed by atoms with van der Waals surface area (Å²) in [6, 6.07) is 4.02. The lowest BCUT2D eigenvalue weighted by Crippen LogP contribution is -2.58. The fraction of sp³-hybridized carbons (Fsp3) is 0.875. The summed E-state index contributed by atoms with van der Waals surface area (Å²) in [6.07, 6.45) is 4.83. The van der Waals surface area contributed by atoms with Gasteiger partial charge in [-0.3, -0.25) is 9.69 Å². The number of nitrogens with zero attached hydrogens (tertiary/aromatic N) is 3. The maximum Gasteiger partial charge on any atom is 0.236 e. The molecule has 0 saturated carbocycles.